The number of benzene rings is 1. The average Bonchev–Trinajstić information content (AvgIpc) is 2.98. The zero-order valence-electron chi connectivity index (χ0n) is 15.2. The standard InChI is InChI=1S/C18H26FN5.HI/c1-13-7-8-16(10-17(13)19)14(2)23-18(20-3)21-9-5-6-15-11-22-24(4)12-15;/h7-8,10-12,14H,5-6,9H2,1-4H3,(H2,20,21,23);1H. The third-order valence-corrected chi connectivity index (χ3v) is 3.97. The molecule has 0 bridgehead atoms. The molecule has 5 nitrogen and oxygen atoms in total. The first-order valence-corrected chi connectivity index (χ1v) is 8.20. The largest absolute Gasteiger partial charge is 0.356 e. The van der Waals surface area contributed by atoms with Gasteiger partial charge in [-0.1, -0.05) is 12.1 Å². The number of nitrogens with one attached hydrogen (secondary N) is 2. The van der Waals surface area contributed by atoms with E-state index in [1.165, 1.54) is 5.56 Å². The molecule has 0 saturated heterocycles. The average molecular weight is 459 g/mol. The molecule has 2 rings (SSSR count). The van der Waals surface area contributed by atoms with Crippen LogP contribution in [0.5, 0.6) is 0 Å². The summed E-state index contributed by atoms with van der Waals surface area (Å²) < 4.78 is 15.5. The fourth-order valence-corrected chi connectivity index (χ4v) is 2.46. The van der Waals surface area contributed by atoms with Gasteiger partial charge in [0.2, 0.25) is 0 Å². The highest BCUT2D eigenvalue weighted by Crippen LogP contribution is 2.16. The molecule has 2 N–H and O–H groups in total. The Balaban J connectivity index is 0.00000312. The van der Waals surface area contributed by atoms with Gasteiger partial charge in [-0.25, -0.2) is 4.39 Å². The van der Waals surface area contributed by atoms with Crippen LogP contribution in [-0.2, 0) is 13.5 Å². The molecule has 1 heterocycles. The molecule has 1 aromatic carbocycles. The highest BCUT2D eigenvalue weighted by Gasteiger charge is 2.09. The van der Waals surface area contributed by atoms with Gasteiger partial charge in [-0.15, -0.1) is 24.0 Å². The third kappa shape index (κ3) is 6.64. The topological polar surface area (TPSA) is 54.2 Å². The van der Waals surface area contributed by atoms with Crippen molar-refractivity contribution >= 4 is 29.9 Å². The molecule has 0 fully saturated rings. The SMILES string of the molecule is CN=C(NCCCc1cnn(C)c1)NC(C)c1ccc(C)c(F)c1.I. The van der Waals surface area contributed by atoms with Gasteiger partial charge in [0, 0.05) is 26.8 Å². The van der Waals surface area contributed by atoms with Crippen molar-refractivity contribution < 1.29 is 4.39 Å². The van der Waals surface area contributed by atoms with Crippen molar-refractivity contribution in [3.8, 4) is 0 Å². The summed E-state index contributed by atoms with van der Waals surface area (Å²) in [4.78, 5) is 4.23. The van der Waals surface area contributed by atoms with Crippen LogP contribution in [0.3, 0.4) is 0 Å². The second kappa shape index (κ2) is 10.4. The molecule has 25 heavy (non-hydrogen) atoms. The van der Waals surface area contributed by atoms with Crippen molar-refractivity contribution in [2.45, 2.75) is 32.7 Å². The summed E-state index contributed by atoms with van der Waals surface area (Å²) in [6.45, 7) is 4.57. The Morgan fingerprint density at radius 3 is 2.76 bits per heavy atom. The lowest BCUT2D eigenvalue weighted by atomic mass is 10.1. The predicted molar refractivity (Wildman–Crippen MR) is 111 cm³/mol. The van der Waals surface area contributed by atoms with Crippen molar-refractivity contribution in [1.82, 2.24) is 20.4 Å². The van der Waals surface area contributed by atoms with Gasteiger partial charge in [0.05, 0.1) is 12.2 Å². The lowest BCUT2D eigenvalue weighted by Crippen LogP contribution is -2.39. The summed E-state index contributed by atoms with van der Waals surface area (Å²) in [6.07, 6.45) is 5.87. The summed E-state index contributed by atoms with van der Waals surface area (Å²) in [5.41, 5.74) is 2.78. The van der Waals surface area contributed by atoms with Gasteiger partial charge in [-0.2, -0.15) is 5.10 Å². The molecule has 0 amide bonds. The highest BCUT2D eigenvalue weighted by atomic mass is 127. The minimum atomic E-state index is -0.180. The first kappa shape index (κ1) is 21.4. The van der Waals surface area contributed by atoms with E-state index in [9.17, 15) is 4.39 Å². The molecule has 0 aliphatic heterocycles. The molecule has 1 atom stereocenters. The van der Waals surface area contributed by atoms with Crippen LogP contribution in [0.1, 0.15) is 36.1 Å². The first-order valence-electron chi connectivity index (χ1n) is 8.20. The fourth-order valence-electron chi connectivity index (χ4n) is 2.46. The van der Waals surface area contributed by atoms with Crippen LogP contribution in [-0.4, -0.2) is 29.3 Å². The monoisotopic (exact) mass is 459 g/mol. The smallest absolute Gasteiger partial charge is 0.191 e. The number of rotatable bonds is 6. The molecule has 7 heteroatoms. The lowest BCUT2D eigenvalue weighted by Gasteiger charge is -2.18. The maximum absolute atomic E-state index is 13.7. The van der Waals surface area contributed by atoms with Crippen LogP contribution >= 0.6 is 24.0 Å². The molecular weight excluding hydrogens is 432 g/mol. The Hall–Kier alpha value is -1.64. The van der Waals surface area contributed by atoms with Gasteiger partial charge in [-0.05, 0) is 49.4 Å². The Bertz CT molecular complexity index is 699. The molecule has 0 aliphatic rings. The summed E-state index contributed by atoms with van der Waals surface area (Å²) >= 11 is 0. The van der Waals surface area contributed by atoms with Gasteiger partial charge in [0.15, 0.2) is 5.96 Å². The van der Waals surface area contributed by atoms with E-state index in [2.05, 4.69) is 20.7 Å². The van der Waals surface area contributed by atoms with E-state index in [1.54, 1.807) is 26.1 Å². The summed E-state index contributed by atoms with van der Waals surface area (Å²) in [5, 5.41) is 10.7. The highest BCUT2D eigenvalue weighted by molar-refractivity contribution is 14.0. The number of nitrogens with zero attached hydrogens (tertiary/aromatic N) is 3. The number of aromatic nitrogens is 2. The van der Waals surface area contributed by atoms with E-state index in [-0.39, 0.29) is 35.8 Å². The molecule has 1 aromatic heterocycles. The maximum Gasteiger partial charge on any atom is 0.191 e. The molecule has 0 saturated carbocycles. The van der Waals surface area contributed by atoms with Gasteiger partial charge in [0.1, 0.15) is 5.82 Å². The Morgan fingerprint density at radius 1 is 1.40 bits per heavy atom. The minimum absolute atomic E-state index is 0. The molecule has 0 aliphatic carbocycles. The van der Waals surface area contributed by atoms with Gasteiger partial charge < -0.3 is 10.6 Å². The van der Waals surface area contributed by atoms with Crippen LogP contribution in [0.15, 0.2) is 35.6 Å². The van der Waals surface area contributed by atoms with Crippen LogP contribution < -0.4 is 10.6 Å². The molecule has 0 spiro atoms. The van der Waals surface area contributed by atoms with Crippen LogP contribution in [0.25, 0.3) is 0 Å². The zero-order chi connectivity index (χ0) is 17.5. The predicted octanol–water partition coefficient (Wildman–Crippen LogP) is 3.34. The first-order chi connectivity index (χ1) is 11.5. The minimum Gasteiger partial charge on any atom is -0.356 e. The van der Waals surface area contributed by atoms with Crippen molar-refractivity contribution in [3.63, 3.8) is 0 Å². The van der Waals surface area contributed by atoms with Gasteiger partial charge in [0.25, 0.3) is 0 Å². The van der Waals surface area contributed by atoms with Crippen molar-refractivity contribution in [2.75, 3.05) is 13.6 Å². The molecule has 1 unspecified atom stereocenters. The van der Waals surface area contributed by atoms with Gasteiger partial charge >= 0.3 is 0 Å². The maximum atomic E-state index is 13.7. The summed E-state index contributed by atoms with van der Waals surface area (Å²) in [6, 6.07) is 5.28. The van der Waals surface area contributed by atoms with E-state index < -0.39 is 0 Å². The third-order valence-electron chi connectivity index (χ3n) is 3.97. The Kier molecular flexibility index (Phi) is 8.88. The Labute approximate surface area is 166 Å². The molecule has 2 aromatic rings. The van der Waals surface area contributed by atoms with E-state index in [0.29, 0.717) is 5.56 Å². The van der Waals surface area contributed by atoms with Gasteiger partial charge in [-0.3, -0.25) is 9.67 Å². The second-order valence-corrected chi connectivity index (χ2v) is 6.00. The molecule has 0 radical (unpaired) electrons. The number of halogens is 2. The Morgan fingerprint density at radius 2 is 2.16 bits per heavy atom. The number of guanidine groups is 1. The van der Waals surface area contributed by atoms with E-state index >= 15 is 0 Å². The number of hydrogen-bond donors (Lipinski definition) is 2. The number of hydrogen-bond acceptors (Lipinski definition) is 2. The van der Waals surface area contributed by atoms with E-state index in [0.717, 1.165) is 30.9 Å². The number of aliphatic imine (C=N–C) groups is 1. The molecular formula is C18H27FIN5. The molecule has 138 valence electrons. The quantitative estimate of drug-likeness (QED) is 0.302. The second-order valence-electron chi connectivity index (χ2n) is 6.00. The van der Waals surface area contributed by atoms with Crippen molar-refractivity contribution in [2.24, 2.45) is 12.0 Å². The van der Waals surface area contributed by atoms with Crippen LogP contribution in [0, 0.1) is 12.7 Å². The normalized spacial score (nSPS) is 12.4. The number of aryl methyl sites for hydroxylation is 3. The van der Waals surface area contributed by atoms with Crippen LogP contribution in [0.2, 0.25) is 0 Å². The lowest BCUT2D eigenvalue weighted by molar-refractivity contribution is 0.607. The van der Waals surface area contributed by atoms with Crippen molar-refractivity contribution in [3.05, 3.63) is 53.1 Å². The fraction of sp³-hybridized carbons (Fsp3) is 0.444. The van der Waals surface area contributed by atoms with Crippen LogP contribution in [0.4, 0.5) is 4.39 Å². The van der Waals surface area contributed by atoms with E-state index in [1.807, 2.05) is 37.1 Å². The summed E-state index contributed by atoms with van der Waals surface area (Å²) in [5.74, 6) is 0.537. The van der Waals surface area contributed by atoms with Crippen molar-refractivity contribution in [1.29, 1.82) is 0 Å². The van der Waals surface area contributed by atoms with E-state index in [4.69, 9.17) is 0 Å². The zero-order valence-corrected chi connectivity index (χ0v) is 17.5. The summed E-state index contributed by atoms with van der Waals surface area (Å²) in [7, 11) is 3.65.